The minimum absolute atomic E-state index is 0.157. The van der Waals surface area contributed by atoms with E-state index in [0.29, 0.717) is 6.61 Å². The number of carbonyl (C=O) groups excluding carboxylic acids is 1. The Morgan fingerprint density at radius 3 is 1.90 bits per heavy atom. The van der Waals surface area contributed by atoms with Gasteiger partial charge in [-0.15, -0.1) is 0 Å². The van der Waals surface area contributed by atoms with Gasteiger partial charge < -0.3 is 4.74 Å². The first-order valence-corrected chi connectivity index (χ1v) is 9.05. The fourth-order valence-corrected chi connectivity index (χ4v) is 2.71. The summed E-state index contributed by atoms with van der Waals surface area (Å²) in [4.78, 5) is 10.6. The van der Waals surface area contributed by atoms with Gasteiger partial charge in [0.25, 0.3) is 0 Å². The first-order valence-electron chi connectivity index (χ1n) is 9.05. The van der Waals surface area contributed by atoms with Crippen molar-refractivity contribution in [1.82, 2.24) is 0 Å². The topological polar surface area (TPSA) is 26.3 Å². The first-order chi connectivity index (χ1) is 9.91. The van der Waals surface area contributed by atoms with Crippen LogP contribution in [0.5, 0.6) is 0 Å². The number of unbranched alkanes of at least 4 members (excludes halogenated alkanes) is 2. The standard InChI is InChI=1S/C19H38O2/c1-16(2)13-14-18(4)12-9-11-17(3)10-7-6-8-15-21-19(5)20/h16-18H,6-15H2,1-5H3. The molecule has 0 amide bonds. The second-order valence-electron chi connectivity index (χ2n) is 7.30. The highest BCUT2D eigenvalue weighted by atomic mass is 16.5. The Bertz CT molecular complexity index is 248. The van der Waals surface area contributed by atoms with Crippen molar-refractivity contribution in [2.45, 2.75) is 92.4 Å². The minimum Gasteiger partial charge on any atom is -0.466 e. The molecule has 0 aliphatic rings. The molecule has 0 aliphatic carbocycles. The molecule has 2 unspecified atom stereocenters. The van der Waals surface area contributed by atoms with E-state index in [4.69, 9.17) is 4.74 Å². The molecule has 0 aliphatic heterocycles. The van der Waals surface area contributed by atoms with Crippen LogP contribution in [-0.2, 0) is 9.53 Å². The van der Waals surface area contributed by atoms with Crippen molar-refractivity contribution in [3.8, 4) is 0 Å². The van der Waals surface area contributed by atoms with Gasteiger partial charge in [0.05, 0.1) is 6.61 Å². The largest absolute Gasteiger partial charge is 0.466 e. The molecular weight excluding hydrogens is 260 g/mol. The molecular formula is C19H38O2. The molecule has 0 rings (SSSR count). The summed E-state index contributed by atoms with van der Waals surface area (Å²) in [5.74, 6) is 2.42. The van der Waals surface area contributed by atoms with Crippen molar-refractivity contribution in [2.75, 3.05) is 6.61 Å². The fraction of sp³-hybridized carbons (Fsp3) is 0.947. The van der Waals surface area contributed by atoms with Gasteiger partial charge in [-0.2, -0.15) is 0 Å². The van der Waals surface area contributed by atoms with Crippen LogP contribution < -0.4 is 0 Å². The van der Waals surface area contributed by atoms with Gasteiger partial charge in [0.1, 0.15) is 0 Å². The van der Waals surface area contributed by atoms with E-state index in [1.807, 2.05) is 0 Å². The molecule has 2 heteroatoms. The molecule has 21 heavy (non-hydrogen) atoms. The summed E-state index contributed by atoms with van der Waals surface area (Å²) in [6.07, 6.45) is 11.7. The second-order valence-corrected chi connectivity index (χ2v) is 7.30. The maximum absolute atomic E-state index is 10.6. The van der Waals surface area contributed by atoms with Gasteiger partial charge >= 0.3 is 5.97 Å². The Morgan fingerprint density at radius 2 is 1.33 bits per heavy atom. The monoisotopic (exact) mass is 298 g/mol. The fourth-order valence-electron chi connectivity index (χ4n) is 2.71. The third-order valence-corrected chi connectivity index (χ3v) is 4.28. The SMILES string of the molecule is CC(=O)OCCCCCC(C)CCCC(C)CCC(C)C. The summed E-state index contributed by atoms with van der Waals surface area (Å²) in [6.45, 7) is 11.5. The summed E-state index contributed by atoms with van der Waals surface area (Å²) in [7, 11) is 0. The minimum atomic E-state index is -0.157. The van der Waals surface area contributed by atoms with Crippen LogP contribution in [0.1, 0.15) is 92.4 Å². The molecule has 0 bridgehead atoms. The van der Waals surface area contributed by atoms with Crippen LogP contribution in [0.3, 0.4) is 0 Å². The zero-order valence-corrected chi connectivity index (χ0v) is 15.1. The Balaban J connectivity index is 3.37. The van der Waals surface area contributed by atoms with Gasteiger partial charge in [0, 0.05) is 6.92 Å². The quantitative estimate of drug-likeness (QED) is 0.308. The van der Waals surface area contributed by atoms with Crippen LogP contribution in [-0.4, -0.2) is 12.6 Å². The predicted octanol–water partition coefficient (Wildman–Crippen LogP) is 5.99. The van der Waals surface area contributed by atoms with Gasteiger partial charge in [0.15, 0.2) is 0 Å². The number of rotatable bonds is 13. The normalized spacial score (nSPS) is 14.2. The summed E-state index contributed by atoms with van der Waals surface area (Å²) < 4.78 is 4.94. The van der Waals surface area contributed by atoms with E-state index >= 15 is 0 Å². The first kappa shape index (κ1) is 20.5. The number of hydrogen-bond donors (Lipinski definition) is 0. The van der Waals surface area contributed by atoms with E-state index in [9.17, 15) is 4.79 Å². The van der Waals surface area contributed by atoms with Crippen molar-refractivity contribution < 1.29 is 9.53 Å². The lowest BCUT2D eigenvalue weighted by Gasteiger charge is -2.15. The van der Waals surface area contributed by atoms with Gasteiger partial charge in [-0.1, -0.05) is 79.1 Å². The zero-order valence-electron chi connectivity index (χ0n) is 15.1. The third kappa shape index (κ3) is 15.7. The van der Waals surface area contributed by atoms with Crippen molar-refractivity contribution in [2.24, 2.45) is 17.8 Å². The van der Waals surface area contributed by atoms with E-state index in [1.165, 1.54) is 58.3 Å². The van der Waals surface area contributed by atoms with Crippen LogP contribution in [0.25, 0.3) is 0 Å². The summed E-state index contributed by atoms with van der Waals surface area (Å²) >= 11 is 0. The van der Waals surface area contributed by atoms with E-state index < -0.39 is 0 Å². The molecule has 0 N–H and O–H groups in total. The summed E-state index contributed by atoms with van der Waals surface area (Å²) in [6, 6.07) is 0. The van der Waals surface area contributed by atoms with Crippen LogP contribution in [0.15, 0.2) is 0 Å². The molecule has 2 atom stereocenters. The Hall–Kier alpha value is -0.530. The average molecular weight is 299 g/mol. The maximum atomic E-state index is 10.6. The van der Waals surface area contributed by atoms with E-state index in [-0.39, 0.29) is 5.97 Å². The molecule has 0 radical (unpaired) electrons. The van der Waals surface area contributed by atoms with Gasteiger partial charge in [-0.25, -0.2) is 0 Å². The summed E-state index contributed by atoms with van der Waals surface area (Å²) in [5.41, 5.74) is 0. The van der Waals surface area contributed by atoms with Gasteiger partial charge in [-0.3, -0.25) is 4.79 Å². The van der Waals surface area contributed by atoms with Crippen LogP contribution >= 0.6 is 0 Å². The Labute approximate surface area is 133 Å². The Morgan fingerprint density at radius 1 is 0.762 bits per heavy atom. The highest BCUT2D eigenvalue weighted by Crippen LogP contribution is 2.21. The lowest BCUT2D eigenvalue weighted by atomic mass is 9.91. The molecule has 0 spiro atoms. The Kier molecular flexibility index (Phi) is 12.8. The van der Waals surface area contributed by atoms with Crippen LogP contribution in [0.4, 0.5) is 0 Å². The second kappa shape index (κ2) is 13.2. The highest BCUT2D eigenvalue weighted by molar-refractivity contribution is 5.65. The third-order valence-electron chi connectivity index (χ3n) is 4.28. The molecule has 0 aromatic heterocycles. The van der Waals surface area contributed by atoms with Crippen molar-refractivity contribution >= 4 is 5.97 Å². The average Bonchev–Trinajstić information content (AvgIpc) is 2.40. The van der Waals surface area contributed by atoms with Gasteiger partial charge in [-0.05, 0) is 24.2 Å². The van der Waals surface area contributed by atoms with Gasteiger partial charge in [0.2, 0.25) is 0 Å². The van der Waals surface area contributed by atoms with Crippen molar-refractivity contribution in [1.29, 1.82) is 0 Å². The molecule has 0 saturated heterocycles. The zero-order chi connectivity index (χ0) is 16.1. The lowest BCUT2D eigenvalue weighted by molar-refractivity contribution is -0.141. The van der Waals surface area contributed by atoms with E-state index in [0.717, 1.165) is 24.2 Å². The van der Waals surface area contributed by atoms with E-state index in [1.54, 1.807) is 0 Å². The van der Waals surface area contributed by atoms with Crippen molar-refractivity contribution in [3.05, 3.63) is 0 Å². The molecule has 0 aromatic rings. The predicted molar refractivity (Wildman–Crippen MR) is 91.4 cm³/mol. The number of esters is 1. The highest BCUT2D eigenvalue weighted by Gasteiger charge is 2.06. The van der Waals surface area contributed by atoms with Crippen LogP contribution in [0.2, 0.25) is 0 Å². The van der Waals surface area contributed by atoms with E-state index in [2.05, 4.69) is 27.7 Å². The molecule has 0 heterocycles. The molecule has 126 valence electrons. The van der Waals surface area contributed by atoms with Crippen molar-refractivity contribution in [3.63, 3.8) is 0 Å². The lowest BCUT2D eigenvalue weighted by Crippen LogP contribution is -2.02. The number of hydrogen-bond acceptors (Lipinski definition) is 2. The number of carbonyl (C=O) groups is 1. The maximum Gasteiger partial charge on any atom is 0.302 e. The molecule has 0 fully saturated rings. The molecule has 2 nitrogen and oxygen atoms in total. The van der Waals surface area contributed by atoms with Crippen LogP contribution in [0, 0.1) is 17.8 Å². The molecule has 0 saturated carbocycles. The number of ether oxygens (including phenoxy) is 1. The summed E-state index contributed by atoms with van der Waals surface area (Å²) in [5, 5.41) is 0. The molecule has 0 aromatic carbocycles. The smallest absolute Gasteiger partial charge is 0.302 e.